The zero-order valence-electron chi connectivity index (χ0n) is 25.4. The van der Waals surface area contributed by atoms with Crippen LogP contribution in [0.25, 0.3) is 5.69 Å². The maximum atomic E-state index is 13.9. The molecule has 0 aliphatic rings. The van der Waals surface area contributed by atoms with Crippen molar-refractivity contribution < 1.29 is 27.5 Å². The summed E-state index contributed by atoms with van der Waals surface area (Å²) >= 11 is 0. The van der Waals surface area contributed by atoms with Crippen molar-refractivity contribution in [1.82, 2.24) is 14.3 Å². The van der Waals surface area contributed by atoms with E-state index >= 15 is 0 Å². The van der Waals surface area contributed by atoms with Gasteiger partial charge in [-0.2, -0.15) is 4.72 Å². The first-order valence-corrected chi connectivity index (χ1v) is 15.4. The van der Waals surface area contributed by atoms with Crippen LogP contribution in [-0.2, 0) is 24.3 Å². The molecule has 226 valence electrons. The number of esters is 2. The predicted octanol–water partition coefficient (Wildman–Crippen LogP) is 5.53. The number of nitrogens with zero attached hydrogens (tertiary/aromatic N) is 2. The summed E-state index contributed by atoms with van der Waals surface area (Å²) in [6.07, 6.45) is 4.25. The van der Waals surface area contributed by atoms with E-state index in [4.69, 9.17) is 9.47 Å². The first-order chi connectivity index (χ1) is 20.3. The molecule has 9 nitrogen and oxygen atoms in total. The van der Waals surface area contributed by atoms with Gasteiger partial charge >= 0.3 is 11.9 Å². The molecule has 2 atom stereocenters. The van der Waals surface area contributed by atoms with E-state index in [2.05, 4.69) is 9.71 Å². The Kier molecular flexibility index (Phi) is 9.52. The van der Waals surface area contributed by atoms with Crippen LogP contribution in [-0.4, -0.2) is 43.1 Å². The summed E-state index contributed by atoms with van der Waals surface area (Å²) in [6, 6.07) is 14.4. The molecule has 0 aliphatic heterocycles. The zero-order chi connectivity index (χ0) is 31.5. The summed E-state index contributed by atoms with van der Waals surface area (Å²) in [5.41, 5.74) is 5.79. The highest BCUT2D eigenvalue weighted by Gasteiger charge is 2.34. The zero-order valence-corrected chi connectivity index (χ0v) is 26.2. The van der Waals surface area contributed by atoms with Gasteiger partial charge < -0.3 is 14.0 Å². The van der Waals surface area contributed by atoms with Crippen molar-refractivity contribution in [3.8, 4) is 5.69 Å². The topological polar surface area (TPSA) is 117 Å². The maximum absolute atomic E-state index is 13.9. The number of ether oxygens (including phenoxy) is 2. The van der Waals surface area contributed by atoms with Crippen molar-refractivity contribution in [1.29, 1.82) is 0 Å². The smallest absolute Gasteiger partial charge is 0.337 e. The van der Waals surface area contributed by atoms with E-state index in [-0.39, 0.29) is 4.90 Å². The average molecular weight is 604 g/mol. The van der Waals surface area contributed by atoms with Crippen LogP contribution >= 0.6 is 0 Å². The normalized spacial score (nSPS) is 13.0. The molecule has 4 rings (SSSR count). The number of carbonyl (C=O) groups excluding carboxylic acids is 2. The number of rotatable bonds is 10. The minimum absolute atomic E-state index is 0.0575. The number of imidazole rings is 1. The van der Waals surface area contributed by atoms with Gasteiger partial charge in [-0.25, -0.2) is 18.2 Å². The van der Waals surface area contributed by atoms with Gasteiger partial charge in [0.25, 0.3) is 0 Å². The number of carbonyl (C=O) groups is 2. The van der Waals surface area contributed by atoms with Crippen molar-refractivity contribution in [3.05, 3.63) is 112 Å². The van der Waals surface area contributed by atoms with Gasteiger partial charge in [0.1, 0.15) is 6.04 Å². The number of methoxy groups -OCH3 is 1. The molecule has 0 amide bonds. The molecule has 1 unspecified atom stereocenters. The fraction of sp³-hybridized carbons (Fsp3) is 0.303. The molecule has 0 saturated heterocycles. The van der Waals surface area contributed by atoms with Gasteiger partial charge in [-0.1, -0.05) is 37.6 Å². The van der Waals surface area contributed by atoms with Gasteiger partial charge in [0.15, 0.2) is 6.10 Å². The van der Waals surface area contributed by atoms with Crippen LogP contribution in [0.4, 0.5) is 0 Å². The minimum atomic E-state index is -4.02. The molecule has 0 spiro atoms. The van der Waals surface area contributed by atoms with E-state index in [9.17, 15) is 18.0 Å². The first kappa shape index (κ1) is 31.7. The number of hydrogen-bond donors (Lipinski definition) is 1. The Hall–Kier alpha value is -4.28. The highest BCUT2D eigenvalue weighted by Crippen LogP contribution is 2.36. The van der Waals surface area contributed by atoms with Crippen LogP contribution in [0.1, 0.15) is 63.7 Å². The number of aryl methyl sites for hydroxylation is 4. The van der Waals surface area contributed by atoms with E-state index in [1.54, 1.807) is 50.6 Å². The van der Waals surface area contributed by atoms with Crippen LogP contribution in [0, 0.1) is 33.6 Å². The number of aromatic nitrogens is 2. The van der Waals surface area contributed by atoms with Gasteiger partial charge in [-0.05, 0) is 86.7 Å². The van der Waals surface area contributed by atoms with Gasteiger partial charge in [0.2, 0.25) is 10.0 Å². The molecule has 43 heavy (non-hydrogen) atoms. The molecule has 1 N–H and O–H groups in total. The molecule has 10 heteroatoms. The minimum Gasteiger partial charge on any atom is -0.465 e. The third-order valence-corrected chi connectivity index (χ3v) is 8.85. The predicted molar refractivity (Wildman–Crippen MR) is 164 cm³/mol. The van der Waals surface area contributed by atoms with E-state index in [0.717, 1.165) is 16.8 Å². The fourth-order valence-electron chi connectivity index (χ4n) is 4.98. The molecule has 3 aromatic carbocycles. The molecule has 0 bridgehead atoms. The van der Waals surface area contributed by atoms with Gasteiger partial charge in [-0.15, -0.1) is 0 Å². The summed E-state index contributed by atoms with van der Waals surface area (Å²) in [4.78, 5) is 30.5. The van der Waals surface area contributed by atoms with Gasteiger partial charge in [0, 0.05) is 29.2 Å². The Morgan fingerprint density at radius 2 is 1.56 bits per heavy atom. The van der Waals surface area contributed by atoms with Crippen molar-refractivity contribution >= 4 is 22.0 Å². The lowest BCUT2D eigenvalue weighted by molar-refractivity contribution is -0.150. The maximum Gasteiger partial charge on any atom is 0.337 e. The lowest BCUT2D eigenvalue weighted by atomic mass is 9.89. The number of nitrogens with one attached hydrogen (secondary N) is 1. The Labute approximate surface area is 252 Å². The lowest BCUT2D eigenvalue weighted by Gasteiger charge is -2.28. The molecular formula is C33H37N3O6S. The molecule has 4 aromatic rings. The number of hydrogen-bond acceptors (Lipinski definition) is 7. The standard InChI is InChI=1S/C33H37N3O6S/c1-20(2)30(35-43(39,40)27-12-8-21(3)9-13-27)33(38)42-31(29-23(5)16-25(17-24(29)6)32(37)41-7)28-18-26(11-10-22(28)4)36-15-14-34-19-36/h8-20,30-31,35H,1-7H3/t30-,31?/m0/s1. The Bertz CT molecular complexity index is 1710. The molecule has 1 aromatic heterocycles. The Balaban J connectivity index is 1.80. The molecule has 0 aliphatic carbocycles. The van der Waals surface area contributed by atoms with Crippen LogP contribution in [0.15, 0.2) is 78.2 Å². The van der Waals surface area contributed by atoms with Crippen LogP contribution in [0.2, 0.25) is 0 Å². The van der Waals surface area contributed by atoms with Crippen LogP contribution in [0.5, 0.6) is 0 Å². The summed E-state index contributed by atoms with van der Waals surface area (Å²) in [5, 5.41) is 0. The molecule has 0 fully saturated rings. The van der Waals surface area contributed by atoms with E-state index in [1.807, 2.05) is 56.7 Å². The SMILES string of the molecule is COC(=O)c1cc(C)c(C(OC(=O)[C@@H](NS(=O)(=O)c2ccc(C)cc2)C(C)C)c2cc(-n3ccnc3)ccc2C)c(C)c1. The van der Waals surface area contributed by atoms with E-state index in [1.165, 1.54) is 19.2 Å². The second-order valence-electron chi connectivity index (χ2n) is 11.0. The number of benzene rings is 3. The molecular weight excluding hydrogens is 566 g/mol. The quantitative estimate of drug-likeness (QED) is 0.237. The van der Waals surface area contributed by atoms with Crippen molar-refractivity contribution in [2.24, 2.45) is 5.92 Å². The molecule has 0 radical (unpaired) electrons. The van der Waals surface area contributed by atoms with Gasteiger partial charge in [0.05, 0.1) is 23.9 Å². The van der Waals surface area contributed by atoms with Crippen molar-refractivity contribution in [3.63, 3.8) is 0 Å². The second-order valence-corrected chi connectivity index (χ2v) is 12.7. The Morgan fingerprint density at radius 3 is 2.12 bits per heavy atom. The average Bonchev–Trinajstić information content (AvgIpc) is 3.50. The second kappa shape index (κ2) is 12.9. The van der Waals surface area contributed by atoms with E-state index < -0.39 is 40.0 Å². The van der Waals surface area contributed by atoms with E-state index in [0.29, 0.717) is 27.8 Å². The largest absolute Gasteiger partial charge is 0.465 e. The number of sulfonamides is 1. The monoisotopic (exact) mass is 603 g/mol. The van der Waals surface area contributed by atoms with Crippen molar-refractivity contribution in [2.75, 3.05) is 7.11 Å². The van der Waals surface area contributed by atoms with Gasteiger partial charge in [-0.3, -0.25) is 4.79 Å². The highest BCUT2D eigenvalue weighted by atomic mass is 32.2. The van der Waals surface area contributed by atoms with Crippen molar-refractivity contribution in [2.45, 2.75) is 58.6 Å². The lowest BCUT2D eigenvalue weighted by Crippen LogP contribution is -2.45. The fourth-order valence-corrected chi connectivity index (χ4v) is 6.32. The molecule has 0 saturated carbocycles. The summed E-state index contributed by atoms with van der Waals surface area (Å²) in [6.45, 7) is 11.0. The first-order valence-electron chi connectivity index (χ1n) is 13.9. The van der Waals surface area contributed by atoms with Crippen LogP contribution in [0.3, 0.4) is 0 Å². The molecule has 1 heterocycles. The highest BCUT2D eigenvalue weighted by molar-refractivity contribution is 7.89. The third-order valence-electron chi connectivity index (χ3n) is 7.39. The third kappa shape index (κ3) is 7.03. The summed E-state index contributed by atoms with van der Waals surface area (Å²) in [7, 11) is -2.70. The van der Waals surface area contributed by atoms with Crippen LogP contribution < -0.4 is 4.72 Å². The summed E-state index contributed by atoms with van der Waals surface area (Å²) in [5.74, 6) is -1.62. The Morgan fingerprint density at radius 1 is 0.907 bits per heavy atom. The summed E-state index contributed by atoms with van der Waals surface area (Å²) < 4.78 is 42.2.